The fourth-order valence-electron chi connectivity index (χ4n) is 8.47. The third-order valence-electron chi connectivity index (χ3n) is 14.8. The zero-order valence-corrected chi connectivity index (χ0v) is 55.8. The molecule has 2 aromatic rings. The van der Waals surface area contributed by atoms with Crippen LogP contribution in [-0.2, 0) is 76.7 Å². The summed E-state index contributed by atoms with van der Waals surface area (Å²) in [6.45, 7) is 40.3. The monoisotopic (exact) mass is 1260 g/mol. The highest BCUT2D eigenvalue weighted by atomic mass is 32.3. The van der Waals surface area contributed by atoms with E-state index in [2.05, 4.69) is 83.1 Å². The lowest BCUT2D eigenvalue weighted by molar-refractivity contribution is -0.170. The largest absolute Gasteiger partial charge is 0.491 e. The Balaban J connectivity index is 0. The van der Waals surface area contributed by atoms with Crippen LogP contribution >= 0.6 is 0 Å². The van der Waals surface area contributed by atoms with Crippen molar-refractivity contribution in [1.29, 1.82) is 0 Å². The molecule has 2 rings (SSSR count). The van der Waals surface area contributed by atoms with Crippen LogP contribution < -0.4 is 9.47 Å². The first-order chi connectivity index (χ1) is 41.0. The Labute approximate surface area is 519 Å². The van der Waals surface area contributed by atoms with Crippen molar-refractivity contribution in [3.63, 3.8) is 0 Å². The minimum absolute atomic E-state index is 0. The van der Waals surface area contributed by atoms with Gasteiger partial charge in [0.15, 0.2) is 0 Å². The SMILES string of the molecule is CCC(C)OCCOCCOCCOC(COCCOCCOCCOc1ccccc1)(C(C)CC)C(C)CC.CCC(C)OCCOCCOCCOC(COCCOCCOCCOc1ccccc1)(C(C)CC)C(C)CC.O.O=S(=O)(O)O. The van der Waals surface area contributed by atoms with Crippen LogP contribution in [0.2, 0.25) is 0 Å². The van der Waals surface area contributed by atoms with Crippen molar-refractivity contribution in [2.45, 2.75) is 145 Å². The van der Waals surface area contributed by atoms with Crippen molar-refractivity contribution >= 4 is 10.4 Å². The van der Waals surface area contributed by atoms with Gasteiger partial charge in [0.2, 0.25) is 0 Å². The number of ether oxygens (including phenoxy) is 16. The molecule has 0 aliphatic rings. The Morgan fingerprint density at radius 2 is 0.558 bits per heavy atom. The van der Waals surface area contributed by atoms with E-state index in [1.807, 2.05) is 60.7 Å². The van der Waals surface area contributed by atoms with Gasteiger partial charge in [-0.3, -0.25) is 9.11 Å². The van der Waals surface area contributed by atoms with Crippen LogP contribution in [0.15, 0.2) is 60.7 Å². The molecule has 0 saturated carbocycles. The average Bonchev–Trinajstić information content (AvgIpc) is 2.35. The summed E-state index contributed by atoms with van der Waals surface area (Å²) in [6.07, 6.45) is 6.65. The van der Waals surface area contributed by atoms with E-state index in [9.17, 15) is 0 Å². The Hall–Kier alpha value is -2.69. The summed E-state index contributed by atoms with van der Waals surface area (Å²) in [4.78, 5) is 0. The molecule has 22 heteroatoms. The molecule has 0 fully saturated rings. The van der Waals surface area contributed by atoms with Crippen LogP contribution in [-0.4, -0.2) is 218 Å². The molecule has 86 heavy (non-hydrogen) atoms. The third-order valence-corrected chi connectivity index (χ3v) is 14.8. The highest BCUT2D eigenvalue weighted by Gasteiger charge is 2.42. The fraction of sp³-hybridized carbons (Fsp3) is 0.812. The van der Waals surface area contributed by atoms with Gasteiger partial charge in [-0.25, -0.2) is 0 Å². The van der Waals surface area contributed by atoms with Crippen molar-refractivity contribution in [3.05, 3.63) is 60.7 Å². The van der Waals surface area contributed by atoms with Gasteiger partial charge in [0.25, 0.3) is 0 Å². The predicted molar refractivity (Wildman–Crippen MR) is 336 cm³/mol. The van der Waals surface area contributed by atoms with Crippen molar-refractivity contribution in [1.82, 2.24) is 0 Å². The van der Waals surface area contributed by atoms with E-state index in [1.54, 1.807) is 0 Å². The van der Waals surface area contributed by atoms with Crippen molar-refractivity contribution in [2.24, 2.45) is 23.7 Å². The second kappa shape index (κ2) is 57.5. The Morgan fingerprint density at radius 1 is 0.337 bits per heavy atom. The van der Waals surface area contributed by atoms with E-state index in [0.717, 1.165) is 50.0 Å². The second-order valence-corrected chi connectivity index (χ2v) is 21.7. The van der Waals surface area contributed by atoms with Gasteiger partial charge in [-0.1, -0.05) is 131 Å². The normalized spacial score (nSPS) is 15.0. The minimum Gasteiger partial charge on any atom is -0.491 e. The standard InChI is InChI=1S/2C32H58O8.H2O4S.H2O/c2*1-7-28(4)32(29(5)8-2,40-26-23-36-18-17-34-21-24-38-30(6)9-3)27-37-20-19-33-15-16-35-22-25-39-31-13-11-10-12-14-31;1-5(2,3)4;/h2*10-14,28-30H,7-9,15-27H2,1-6H3;(H2,1,2,3,4);1H2. The van der Waals surface area contributed by atoms with E-state index >= 15 is 0 Å². The molecular formula is C64H120O21S. The molecule has 508 valence electrons. The number of para-hydroxylation sites is 2. The lowest BCUT2D eigenvalue weighted by Gasteiger charge is -2.43. The van der Waals surface area contributed by atoms with E-state index in [4.69, 9.17) is 93.3 Å². The lowest BCUT2D eigenvalue weighted by Crippen LogP contribution is -2.50. The van der Waals surface area contributed by atoms with Crippen LogP contribution in [0.3, 0.4) is 0 Å². The van der Waals surface area contributed by atoms with Crippen molar-refractivity contribution in [2.75, 3.05) is 172 Å². The smallest absolute Gasteiger partial charge is 0.394 e. The third kappa shape index (κ3) is 45.5. The molecule has 6 atom stereocenters. The zero-order valence-electron chi connectivity index (χ0n) is 55.0. The molecule has 0 spiro atoms. The van der Waals surface area contributed by atoms with Gasteiger partial charge in [0, 0.05) is 0 Å². The average molecular weight is 1260 g/mol. The van der Waals surface area contributed by atoms with E-state index in [1.165, 1.54) is 0 Å². The van der Waals surface area contributed by atoms with Gasteiger partial charge < -0.3 is 81.3 Å². The van der Waals surface area contributed by atoms with Gasteiger partial charge in [-0.2, -0.15) is 8.42 Å². The van der Waals surface area contributed by atoms with Crippen LogP contribution in [0.5, 0.6) is 11.5 Å². The van der Waals surface area contributed by atoms with Crippen LogP contribution in [0.1, 0.15) is 122 Å². The molecule has 0 amide bonds. The van der Waals surface area contributed by atoms with Crippen LogP contribution in [0.4, 0.5) is 0 Å². The second-order valence-electron chi connectivity index (χ2n) is 20.8. The van der Waals surface area contributed by atoms with E-state index in [-0.39, 0.29) is 28.9 Å². The van der Waals surface area contributed by atoms with Crippen molar-refractivity contribution in [3.8, 4) is 11.5 Å². The fourth-order valence-corrected chi connectivity index (χ4v) is 8.47. The summed E-state index contributed by atoms with van der Waals surface area (Å²) in [5.41, 5.74) is -0.725. The molecule has 0 aromatic heterocycles. The Morgan fingerprint density at radius 3 is 0.802 bits per heavy atom. The van der Waals surface area contributed by atoms with E-state index in [0.29, 0.717) is 195 Å². The molecule has 21 nitrogen and oxygen atoms in total. The molecule has 0 heterocycles. The number of benzene rings is 2. The lowest BCUT2D eigenvalue weighted by atomic mass is 9.76. The molecule has 0 radical (unpaired) electrons. The van der Waals surface area contributed by atoms with Gasteiger partial charge in [-0.15, -0.1) is 0 Å². The summed E-state index contributed by atoms with van der Waals surface area (Å²) in [5.74, 6) is 3.11. The first kappa shape index (κ1) is 85.4. The molecular weight excluding hydrogens is 1140 g/mol. The molecule has 0 aliphatic heterocycles. The van der Waals surface area contributed by atoms with Gasteiger partial charge in [0.05, 0.1) is 182 Å². The Kier molecular flexibility index (Phi) is 57.0. The highest BCUT2D eigenvalue weighted by Crippen LogP contribution is 2.36. The van der Waals surface area contributed by atoms with Gasteiger partial charge >= 0.3 is 10.4 Å². The highest BCUT2D eigenvalue weighted by molar-refractivity contribution is 7.79. The van der Waals surface area contributed by atoms with Gasteiger partial charge in [-0.05, 0) is 74.6 Å². The first-order valence-electron chi connectivity index (χ1n) is 31.3. The summed E-state index contributed by atoms with van der Waals surface area (Å²) in [7, 11) is -4.67. The van der Waals surface area contributed by atoms with Crippen molar-refractivity contribution < 1.29 is 98.8 Å². The maximum atomic E-state index is 8.74. The molecule has 2 aromatic carbocycles. The van der Waals surface area contributed by atoms with Crippen LogP contribution in [0, 0.1) is 23.7 Å². The van der Waals surface area contributed by atoms with E-state index < -0.39 is 10.4 Å². The maximum Gasteiger partial charge on any atom is 0.394 e. The van der Waals surface area contributed by atoms with Crippen LogP contribution in [0.25, 0.3) is 0 Å². The topological polar surface area (TPSA) is 254 Å². The molecule has 0 saturated heterocycles. The number of hydrogen-bond acceptors (Lipinski definition) is 18. The maximum absolute atomic E-state index is 8.74. The zero-order chi connectivity index (χ0) is 63.1. The summed E-state index contributed by atoms with van der Waals surface area (Å²) >= 11 is 0. The minimum atomic E-state index is -4.67. The number of hydrogen-bond donors (Lipinski definition) is 2. The molecule has 4 N–H and O–H groups in total. The predicted octanol–water partition coefficient (Wildman–Crippen LogP) is 10.1. The summed E-state index contributed by atoms with van der Waals surface area (Å²) in [6, 6.07) is 19.5. The first-order valence-corrected chi connectivity index (χ1v) is 32.7. The molecule has 6 unspecified atom stereocenters. The quantitative estimate of drug-likeness (QED) is 0.0461. The number of rotatable bonds is 56. The molecule has 0 bridgehead atoms. The summed E-state index contributed by atoms with van der Waals surface area (Å²) in [5, 5.41) is 0. The Bertz CT molecular complexity index is 1680. The summed E-state index contributed by atoms with van der Waals surface area (Å²) < 4.78 is 125. The molecule has 0 aliphatic carbocycles. The van der Waals surface area contributed by atoms with Gasteiger partial charge in [0.1, 0.15) is 24.7 Å².